The van der Waals surface area contributed by atoms with E-state index in [4.69, 9.17) is 0 Å². The van der Waals surface area contributed by atoms with Crippen LogP contribution < -0.4 is 10.6 Å². The molecule has 2 aromatic rings. The summed E-state index contributed by atoms with van der Waals surface area (Å²) in [5.74, 6) is -2.79. The number of aromatic amines is 1. The van der Waals surface area contributed by atoms with E-state index in [0.717, 1.165) is 16.5 Å². The predicted molar refractivity (Wildman–Crippen MR) is 74.1 cm³/mol. The number of aromatic nitrogens is 1. The van der Waals surface area contributed by atoms with Gasteiger partial charge in [0.2, 0.25) is 5.91 Å². The Hall–Kier alpha value is -2.51. The number of halogens is 3. The summed E-state index contributed by atoms with van der Waals surface area (Å²) in [5, 5.41) is 5.00. The number of carbonyl (C=O) groups is 2. The van der Waals surface area contributed by atoms with E-state index in [2.05, 4.69) is 10.3 Å². The van der Waals surface area contributed by atoms with Crippen LogP contribution >= 0.6 is 0 Å². The van der Waals surface area contributed by atoms with Crippen molar-refractivity contribution in [1.82, 2.24) is 15.6 Å². The lowest BCUT2D eigenvalue weighted by Crippen LogP contribution is -2.43. The Bertz CT molecular complexity index is 679. The Kier molecular flexibility index (Phi) is 4.69. The summed E-state index contributed by atoms with van der Waals surface area (Å²) in [4.78, 5) is 25.0. The summed E-state index contributed by atoms with van der Waals surface area (Å²) in [6.45, 7) is -0.436. The molecular formula is C14H14F3N3O2. The van der Waals surface area contributed by atoms with Crippen LogP contribution in [0.2, 0.25) is 0 Å². The van der Waals surface area contributed by atoms with Gasteiger partial charge in [0.15, 0.2) is 0 Å². The number of rotatable bonds is 5. The fourth-order valence-electron chi connectivity index (χ4n) is 2.00. The molecule has 1 aromatic carbocycles. The zero-order valence-corrected chi connectivity index (χ0v) is 11.5. The molecule has 118 valence electrons. The first kappa shape index (κ1) is 15.9. The van der Waals surface area contributed by atoms with Crippen LogP contribution in [0, 0.1) is 0 Å². The molecule has 2 rings (SSSR count). The van der Waals surface area contributed by atoms with E-state index in [0.29, 0.717) is 6.42 Å². The van der Waals surface area contributed by atoms with Gasteiger partial charge in [-0.1, -0.05) is 18.2 Å². The Labute approximate surface area is 123 Å². The van der Waals surface area contributed by atoms with E-state index in [1.165, 1.54) is 5.32 Å². The molecule has 0 aliphatic carbocycles. The maximum atomic E-state index is 11.9. The molecule has 0 unspecified atom stereocenters. The van der Waals surface area contributed by atoms with Gasteiger partial charge in [-0.3, -0.25) is 9.59 Å². The predicted octanol–water partition coefficient (Wildman–Crippen LogP) is 1.51. The molecule has 0 saturated heterocycles. The third-order valence-electron chi connectivity index (χ3n) is 3.06. The van der Waals surface area contributed by atoms with Gasteiger partial charge in [0.05, 0.1) is 6.54 Å². The molecule has 0 atom stereocenters. The Morgan fingerprint density at radius 3 is 2.59 bits per heavy atom. The quantitative estimate of drug-likeness (QED) is 0.783. The standard InChI is InChI=1S/C14H14F3N3O2/c15-14(16,17)13(22)20-8-12(21)18-6-5-9-7-19-11-4-2-1-3-10(9)11/h1-4,7,19H,5-6,8H2,(H,18,21)(H,20,22). The maximum Gasteiger partial charge on any atom is 0.471 e. The van der Waals surface area contributed by atoms with Crippen molar-refractivity contribution >= 4 is 22.7 Å². The van der Waals surface area contributed by atoms with Gasteiger partial charge in [-0.05, 0) is 18.1 Å². The van der Waals surface area contributed by atoms with Gasteiger partial charge >= 0.3 is 12.1 Å². The number of benzene rings is 1. The van der Waals surface area contributed by atoms with E-state index in [1.54, 1.807) is 0 Å². The lowest BCUT2D eigenvalue weighted by Gasteiger charge is -2.08. The van der Waals surface area contributed by atoms with Crippen LogP contribution in [0.3, 0.4) is 0 Å². The number of H-pyrrole nitrogens is 1. The normalized spacial score (nSPS) is 11.4. The van der Waals surface area contributed by atoms with E-state index in [9.17, 15) is 22.8 Å². The molecule has 22 heavy (non-hydrogen) atoms. The molecule has 3 N–H and O–H groups in total. The first-order valence-corrected chi connectivity index (χ1v) is 6.54. The van der Waals surface area contributed by atoms with Crippen LogP contribution in [-0.2, 0) is 16.0 Å². The maximum absolute atomic E-state index is 11.9. The second-order valence-electron chi connectivity index (χ2n) is 4.64. The highest BCUT2D eigenvalue weighted by molar-refractivity contribution is 5.87. The van der Waals surface area contributed by atoms with Crippen molar-refractivity contribution in [3.8, 4) is 0 Å². The van der Waals surface area contributed by atoms with Gasteiger partial charge in [0.25, 0.3) is 0 Å². The number of amides is 2. The molecule has 0 aliphatic rings. The summed E-state index contributed by atoms with van der Waals surface area (Å²) < 4.78 is 35.8. The van der Waals surface area contributed by atoms with Crippen molar-refractivity contribution in [2.24, 2.45) is 0 Å². The van der Waals surface area contributed by atoms with Crippen LogP contribution in [0.4, 0.5) is 13.2 Å². The van der Waals surface area contributed by atoms with Crippen molar-refractivity contribution in [3.63, 3.8) is 0 Å². The van der Waals surface area contributed by atoms with E-state index in [-0.39, 0.29) is 6.54 Å². The minimum Gasteiger partial charge on any atom is -0.361 e. The first-order chi connectivity index (χ1) is 10.4. The molecule has 2 amide bonds. The Morgan fingerprint density at radius 1 is 1.14 bits per heavy atom. The SMILES string of the molecule is O=C(CNC(=O)C(F)(F)F)NCCc1c[nH]c2ccccc12. The van der Waals surface area contributed by atoms with Gasteiger partial charge in [0, 0.05) is 23.6 Å². The minimum atomic E-state index is -4.98. The van der Waals surface area contributed by atoms with Crippen LogP contribution in [0.1, 0.15) is 5.56 Å². The second kappa shape index (κ2) is 6.50. The summed E-state index contributed by atoms with van der Waals surface area (Å²) >= 11 is 0. The largest absolute Gasteiger partial charge is 0.471 e. The van der Waals surface area contributed by atoms with E-state index in [1.807, 2.05) is 30.5 Å². The number of alkyl halides is 3. The third-order valence-corrected chi connectivity index (χ3v) is 3.06. The zero-order valence-electron chi connectivity index (χ0n) is 11.5. The van der Waals surface area contributed by atoms with Crippen LogP contribution in [0.25, 0.3) is 10.9 Å². The van der Waals surface area contributed by atoms with Crippen LogP contribution in [0.5, 0.6) is 0 Å². The molecule has 1 heterocycles. The number of hydrogen-bond donors (Lipinski definition) is 3. The fraction of sp³-hybridized carbons (Fsp3) is 0.286. The third kappa shape index (κ3) is 4.00. The molecule has 0 fully saturated rings. The number of para-hydroxylation sites is 1. The average molecular weight is 313 g/mol. The molecule has 0 spiro atoms. The summed E-state index contributed by atoms with van der Waals surface area (Å²) in [6, 6.07) is 7.65. The number of fused-ring (bicyclic) bond motifs is 1. The summed E-state index contributed by atoms with van der Waals surface area (Å²) in [5.41, 5.74) is 1.97. The lowest BCUT2D eigenvalue weighted by atomic mass is 10.1. The molecule has 1 aromatic heterocycles. The molecule has 0 radical (unpaired) electrons. The smallest absolute Gasteiger partial charge is 0.361 e. The molecule has 0 saturated carbocycles. The van der Waals surface area contributed by atoms with Crippen LogP contribution in [-0.4, -0.2) is 36.1 Å². The minimum absolute atomic E-state index is 0.266. The summed E-state index contributed by atoms with van der Waals surface area (Å²) in [7, 11) is 0. The van der Waals surface area contributed by atoms with Crippen molar-refractivity contribution in [2.45, 2.75) is 12.6 Å². The van der Waals surface area contributed by atoms with Gasteiger partial charge in [0.1, 0.15) is 0 Å². The highest BCUT2D eigenvalue weighted by atomic mass is 19.4. The zero-order chi connectivity index (χ0) is 16.2. The Balaban J connectivity index is 1.77. The molecular weight excluding hydrogens is 299 g/mol. The van der Waals surface area contributed by atoms with Crippen molar-refractivity contribution in [2.75, 3.05) is 13.1 Å². The second-order valence-corrected chi connectivity index (χ2v) is 4.64. The van der Waals surface area contributed by atoms with Gasteiger partial charge in [-0.15, -0.1) is 0 Å². The molecule has 0 bridgehead atoms. The van der Waals surface area contributed by atoms with E-state index >= 15 is 0 Å². The number of nitrogens with one attached hydrogen (secondary N) is 3. The van der Waals surface area contributed by atoms with Crippen molar-refractivity contribution < 1.29 is 22.8 Å². The Morgan fingerprint density at radius 2 is 1.86 bits per heavy atom. The topological polar surface area (TPSA) is 74.0 Å². The molecule has 5 nitrogen and oxygen atoms in total. The first-order valence-electron chi connectivity index (χ1n) is 6.54. The fourth-order valence-corrected chi connectivity index (χ4v) is 2.00. The van der Waals surface area contributed by atoms with Crippen LogP contribution in [0.15, 0.2) is 30.5 Å². The number of carbonyl (C=O) groups excluding carboxylic acids is 2. The van der Waals surface area contributed by atoms with Gasteiger partial charge in [-0.2, -0.15) is 13.2 Å². The summed E-state index contributed by atoms with van der Waals surface area (Å²) in [6.07, 6.45) is -2.63. The van der Waals surface area contributed by atoms with Crippen molar-refractivity contribution in [3.05, 3.63) is 36.0 Å². The van der Waals surface area contributed by atoms with Gasteiger partial charge < -0.3 is 15.6 Å². The monoisotopic (exact) mass is 313 g/mol. The molecule has 8 heteroatoms. The highest BCUT2D eigenvalue weighted by Gasteiger charge is 2.38. The highest BCUT2D eigenvalue weighted by Crippen LogP contribution is 2.17. The lowest BCUT2D eigenvalue weighted by molar-refractivity contribution is -0.173. The molecule has 0 aliphatic heterocycles. The average Bonchev–Trinajstić information content (AvgIpc) is 2.87. The number of hydrogen-bond acceptors (Lipinski definition) is 2. The van der Waals surface area contributed by atoms with Gasteiger partial charge in [-0.25, -0.2) is 0 Å². The van der Waals surface area contributed by atoms with Crippen molar-refractivity contribution in [1.29, 1.82) is 0 Å². The van der Waals surface area contributed by atoms with E-state index < -0.39 is 24.5 Å².